The van der Waals surface area contributed by atoms with Crippen molar-refractivity contribution in [2.24, 2.45) is 0 Å². The fraction of sp³-hybridized carbons (Fsp3) is 0.500. The minimum Gasteiger partial charge on any atom is -0.462 e. The Kier molecular flexibility index (Phi) is 3.84. The van der Waals surface area contributed by atoms with Crippen molar-refractivity contribution in [3.63, 3.8) is 0 Å². The van der Waals surface area contributed by atoms with E-state index >= 15 is 0 Å². The zero-order valence-electron chi connectivity index (χ0n) is 8.71. The molecule has 0 atom stereocenters. The molecule has 0 aliphatic carbocycles. The first-order chi connectivity index (χ1) is 7.65. The third kappa shape index (κ3) is 3.72. The Balaban J connectivity index is 2.93. The van der Waals surface area contributed by atoms with Crippen LogP contribution in [0.1, 0.15) is 11.5 Å². The normalized spacial score (nSPS) is 13.0. The molecule has 0 spiro atoms. The maximum Gasteiger partial charge on any atom is 0.402 e. The van der Waals surface area contributed by atoms with Gasteiger partial charge in [0.05, 0.1) is 0 Å². The van der Waals surface area contributed by atoms with Crippen LogP contribution in [0.5, 0.6) is 0 Å². The third-order valence-electron chi connectivity index (χ3n) is 1.83. The molecule has 17 heavy (non-hydrogen) atoms. The number of aliphatic hydroxyl groups excluding tert-OH is 1. The van der Waals surface area contributed by atoms with Crippen LogP contribution in [0.3, 0.4) is 0 Å². The number of nitrogens with one attached hydrogen (secondary N) is 1. The number of rotatable bonds is 4. The van der Waals surface area contributed by atoms with E-state index in [2.05, 4.69) is 0 Å². The molecular weight excluding hydrogens is 263 g/mol. The zero-order chi connectivity index (χ0) is 13.3. The van der Waals surface area contributed by atoms with Gasteiger partial charge in [0.15, 0.2) is 0 Å². The molecule has 0 saturated carbocycles. The average Bonchev–Trinajstić information content (AvgIpc) is 2.57. The Morgan fingerprint density at radius 3 is 2.47 bits per heavy atom. The molecule has 0 radical (unpaired) electrons. The summed E-state index contributed by atoms with van der Waals surface area (Å²) in [6.07, 6.45) is -4.63. The summed E-state index contributed by atoms with van der Waals surface area (Å²) in [4.78, 5) is -0.411. The van der Waals surface area contributed by atoms with Crippen LogP contribution in [-0.4, -0.2) is 26.2 Å². The molecule has 1 aromatic heterocycles. The van der Waals surface area contributed by atoms with E-state index in [-0.39, 0.29) is 11.5 Å². The fourth-order valence-electron chi connectivity index (χ4n) is 1.12. The largest absolute Gasteiger partial charge is 0.462 e. The number of hydrogen-bond donors (Lipinski definition) is 2. The summed E-state index contributed by atoms with van der Waals surface area (Å²) in [6, 6.07) is 0.980. The number of sulfonamides is 1. The van der Waals surface area contributed by atoms with Crippen LogP contribution in [0.15, 0.2) is 15.4 Å². The Labute approximate surface area is 95.3 Å². The van der Waals surface area contributed by atoms with Crippen molar-refractivity contribution in [1.82, 2.24) is 4.72 Å². The van der Waals surface area contributed by atoms with Crippen molar-refractivity contribution in [2.75, 3.05) is 6.54 Å². The zero-order valence-corrected chi connectivity index (χ0v) is 9.52. The van der Waals surface area contributed by atoms with Crippen molar-refractivity contribution in [3.8, 4) is 0 Å². The van der Waals surface area contributed by atoms with Gasteiger partial charge in [-0.3, -0.25) is 0 Å². The summed E-state index contributed by atoms with van der Waals surface area (Å²) in [7, 11) is -4.29. The molecular formula is C8H10F3NO4S. The summed E-state index contributed by atoms with van der Waals surface area (Å²) in [5, 5.41) is 8.71. The molecule has 1 aromatic rings. The number of furan rings is 1. The van der Waals surface area contributed by atoms with Gasteiger partial charge in [-0.1, -0.05) is 0 Å². The number of halogens is 3. The number of alkyl halides is 3. The molecule has 5 nitrogen and oxygen atoms in total. The summed E-state index contributed by atoms with van der Waals surface area (Å²) in [5.41, 5.74) is 0. The number of aliphatic hydroxyl groups is 1. The van der Waals surface area contributed by atoms with Crippen molar-refractivity contribution in [1.29, 1.82) is 0 Å². The second-order valence-corrected chi connectivity index (χ2v) is 4.97. The fourth-order valence-corrected chi connectivity index (χ4v) is 2.34. The van der Waals surface area contributed by atoms with Crippen molar-refractivity contribution in [3.05, 3.63) is 17.6 Å². The Morgan fingerprint density at radius 1 is 1.47 bits per heavy atom. The summed E-state index contributed by atoms with van der Waals surface area (Å²) >= 11 is 0. The third-order valence-corrected chi connectivity index (χ3v) is 3.34. The van der Waals surface area contributed by atoms with Crippen LogP contribution in [0.2, 0.25) is 0 Å². The standard InChI is InChI=1S/C8H10F3NO4S/c1-5-7(2-6(3-13)16-5)17(14,15)12-4-8(9,10)11/h2,12-13H,3-4H2,1H3. The van der Waals surface area contributed by atoms with E-state index < -0.39 is 34.2 Å². The van der Waals surface area contributed by atoms with Gasteiger partial charge in [-0.2, -0.15) is 13.2 Å². The van der Waals surface area contributed by atoms with Gasteiger partial charge in [0.1, 0.15) is 29.6 Å². The van der Waals surface area contributed by atoms with Crippen LogP contribution in [0.25, 0.3) is 0 Å². The molecule has 9 heteroatoms. The molecule has 0 fully saturated rings. The van der Waals surface area contributed by atoms with E-state index in [1.807, 2.05) is 0 Å². The Hall–Kier alpha value is -1.06. The Bertz CT molecular complexity index is 491. The lowest BCUT2D eigenvalue weighted by atomic mass is 10.4. The molecule has 0 unspecified atom stereocenters. The highest BCUT2D eigenvalue weighted by molar-refractivity contribution is 7.89. The first-order valence-electron chi connectivity index (χ1n) is 4.42. The van der Waals surface area contributed by atoms with Gasteiger partial charge < -0.3 is 9.52 Å². The van der Waals surface area contributed by atoms with Gasteiger partial charge in [-0.15, -0.1) is 0 Å². The van der Waals surface area contributed by atoms with Crippen molar-refractivity contribution in [2.45, 2.75) is 24.6 Å². The molecule has 0 saturated heterocycles. The predicted octanol–water partition coefficient (Wildman–Crippen LogP) is 0.921. The first-order valence-corrected chi connectivity index (χ1v) is 5.90. The van der Waals surface area contributed by atoms with Gasteiger partial charge in [-0.05, 0) is 6.92 Å². The van der Waals surface area contributed by atoms with Crippen molar-refractivity contribution < 1.29 is 31.1 Å². The molecule has 2 N–H and O–H groups in total. The van der Waals surface area contributed by atoms with Crippen LogP contribution in [0.4, 0.5) is 13.2 Å². The second kappa shape index (κ2) is 4.67. The summed E-state index contributed by atoms with van der Waals surface area (Å²) < 4.78 is 64.8. The number of aryl methyl sites for hydroxylation is 1. The predicted molar refractivity (Wildman–Crippen MR) is 50.6 cm³/mol. The van der Waals surface area contributed by atoms with Gasteiger partial charge in [0.25, 0.3) is 0 Å². The van der Waals surface area contributed by atoms with E-state index in [0.717, 1.165) is 6.07 Å². The highest BCUT2D eigenvalue weighted by Crippen LogP contribution is 2.21. The monoisotopic (exact) mass is 273 g/mol. The quantitative estimate of drug-likeness (QED) is 0.855. The van der Waals surface area contributed by atoms with Crippen molar-refractivity contribution >= 4 is 10.0 Å². The van der Waals surface area contributed by atoms with Crippen LogP contribution >= 0.6 is 0 Å². The van der Waals surface area contributed by atoms with E-state index in [9.17, 15) is 21.6 Å². The Morgan fingerprint density at radius 2 is 2.06 bits per heavy atom. The first kappa shape index (κ1) is 14.0. The minimum absolute atomic E-state index is 0.0325. The van der Waals surface area contributed by atoms with E-state index in [4.69, 9.17) is 9.52 Å². The molecule has 98 valence electrons. The molecule has 0 aliphatic rings. The molecule has 1 heterocycles. The highest BCUT2D eigenvalue weighted by Gasteiger charge is 2.31. The van der Waals surface area contributed by atoms with E-state index in [0.29, 0.717) is 0 Å². The second-order valence-electron chi connectivity index (χ2n) is 3.23. The maximum absolute atomic E-state index is 11.9. The van der Waals surface area contributed by atoms with Gasteiger partial charge in [-0.25, -0.2) is 13.1 Å². The molecule has 0 aromatic carbocycles. The van der Waals surface area contributed by atoms with E-state index in [1.54, 1.807) is 0 Å². The SMILES string of the molecule is Cc1oc(CO)cc1S(=O)(=O)NCC(F)(F)F. The molecule has 0 amide bonds. The topological polar surface area (TPSA) is 79.5 Å². The summed E-state index contributed by atoms with van der Waals surface area (Å²) in [6.45, 7) is -0.911. The smallest absolute Gasteiger partial charge is 0.402 e. The number of hydrogen-bond acceptors (Lipinski definition) is 4. The van der Waals surface area contributed by atoms with Gasteiger partial charge in [0.2, 0.25) is 10.0 Å². The van der Waals surface area contributed by atoms with Crippen LogP contribution < -0.4 is 4.72 Å². The molecule has 0 bridgehead atoms. The lowest BCUT2D eigenvalue weighted by molar-refractivity contribution is -0.121. The van der Waals surface area contributed by atoms with Gasteiger partial charge >= 0.3 is 6.18 Å². The van der Waals surface area contributed by atoms with Gasteiger partial charge in [0, 0.05) is 6.07 Å². The molecule has 1 rings (SSSR count). The molecule has 0 aliphatic heterocycles. The summed E-state index contributed by atoms with van der Waals surface area (Å²) in [5.74, 6) is -0.112. The lowest BCUT2D eigenvalue weighted by Gasteiger charge is -2.08. The van der Waals surface area contributed by atoms with Crippen LogP contribution in [0, 0.1) is 6.92 Å². The van der Waals surface area contributed by atoms with E-state index in [1.165, 1.54) is 11.6 Å². The minimum atomic E-state index is -4.63. The lowest BCUT2D eigenvalue weighted by Crippen LogP contribution is -2.33. The van der Waals surface area contributed by atoms with Crippen LogP contribution in [-0.2, 0) is 16.6 Å². The highest BCUT2D eigenvalue weighted by atomic mass is 32.2. The maximum atomic E-state index is 11.9. The average molecular weight is 273 g/mol.